The monoisotopic (exact) mass is 510 g/mol. The van der Waals surface area contributed by atoms with Gasteiger partial charge in [-0.1, -0.05) is 6.42 Å². The van der Waals surface area contributed by atoms with E-state index >= 15 is 0 Å². The standard InChI is InChI=1S/C25H42N4O7/c30-22(8-2-1-3-14-29-23(31)9-10-24(29)32)27-12-5-15-34-17-19-36-20-18-35-16-6-13-28-25(33)21-7-4-11-26-21/h9-10,21,26H,1-8,11-20H2,(H,27,30)(H,28,33)/t21-/m0/s1. The third kappa shape index (κ3) is 13.1. The second kappa shape index (κ2) is 18.9. The maximum atomic E-state index is 11.8. The van der Waals surface area contributed by atoms with E-state index in [9.17, 15) is 19.2 Å². The summed E-state index contributed by atoms with van der Waals surface area (Å²) in [5.41, 5.74) is 0. The van der Waals surface area contributed by atoms with Gasteiger partial charge in [0.25, 0.3) is 11.8 Å². The smallest absolute Gasteiger partial charge is 0.253 e. The molecule has 2 aliphatic heterocycles. The summed E-state index contributed by atoms with van der Waals surface area (Å²) in [6.45, 7) is 5.63. The van der Waals surface area contributed by atoms with Crippen molar-refractivity contribution in [3.8, 4) is 0 Å². The first-order valence-electron chi connectivity index (χ1n) is 13.1. The molecule has 0 radical (unpaired) electrons. The van der Waals surface area contributed by atoms with Gasteiger partial charge < -0.3 is 30.2 Å². The molecule has 2 heterocycles. The van der Waals surface area contributed by atoms with Gasteiger partial charge in [-0.3, -0.25) is 24.1 Å². The van der Waals surface area contributed by atoms with Crippen LogP contribution in [0, 0.1) is 0 Å². The fourth-order valence-corrected chi connectivity index (χ4v) is 3.83. The van der Waals surface area contributed by atoms with Gasteiger partial charge in [0, 0.05) is 51.4 Å². The van der Waals surface area contributed by atoms with Crippen LogP contribution >= 0.6 is 0 Å². The number of nitrogens with zero attached hydrogens (tertiary/aromatic N) is 1. The quantitative estimate of drug-likeness (QED) is 0.148. The molecule has 11 heteroatoms. The Hall–Kier alpha value is -2.34. The Balaban J connectivity index is 1.24. The van der Waals surface area contributed by atoms with Crippen molar-refractivity contribution in [1.29, 1.82) is 0 Å². The molecule has 0 spiro atoms. The highest BCUT2D eigenvalue weighted by Crippen LogP contribution is 2.07. The van der Waals surface area contributed by atoms with Crippen molar-refractivity contribution >= 4 is 23.6 Å². The molecule has 11 nitrogen and oxygen atoms in total. The van der Waals surface area contributed by atoms with Crippen molar-refractivity contribution in [1.82, 2.24) is 20.9 Å². The number of unbranched alkanes of at least 4 members (excludes halogenated alkanes) is 2. The van der Waals surface area contributed by atoms with Crippen LogP contribution in [0.4, 0.5) is 0 Å². The predicted octanol–water partition coefficient (Wildman–Crippen LogP) is 0.286. The van der Waals surface area contributed by atoms with Crippen molar-refractivity contribution in [3.05, 3.63) is 12.2 Å². The van der Waals surface area contributed by atoms with E-state index in [1.807, 2.05) is 0 Å². The van der Waals surface area contributed by atoms with Crippen molar-refractivity contribution < 1.29 is 33.4 Å². The molecule has 2 rings (SSSR count). The number of nitrogens with one attached hydrogen (secondary N) is 3. The van der Waals surface area contributed by atoms with Gasteiger partial charge in [0.15, 0.2) is 0 Å². The minimum absolute atomic E-state index is 0.00141. The first-order chi connectivity index (χ1) is 17.6. The average molecular weight is 511 g/mol. The Morgan fingerprint density at radius 3 is 2.06 bits per heavy atom. The van der Waals surface area contributed by atoms with Crippen LogP contribution in [0.5, 0.6) is 0 Å². The highest BCUT2D eigenvalue weighted by molar-refractivity contribution is 6.12. The number of rotatable bonds is 21. The highest BCUT2D eigenvalue weighted by Gasteiger charge is 2.22. The van der Waals surface area contributed by atoms with Crippen molar-refractivity contribution in [2.45, 2.75) is 57.4 Å². The minimum atomic E-state index is -0.261. The molecule has 1 fully saturated rings. The molecular formula is C25H42N4O7. The molecule has 1 saturated heterocycles. The van der Waals surface area contributed by atoms with E-state index in [1.165, 1.54) is 17.1 Å². The normalized spacial score (nSPS) is 17.2. The predicted molar refractivity (Wildman–Crippen MR) is 133 cm³/mol. The number of imide groups is 1. The molecule has 0 bridgehead atoms. The van der Waals surface area contributed by atoms with Crippen LogP contribution in [-0.2, 0) is 33.4 Å². The van der Waals surface area contributed by atoms with Crippen molar-refractivity contribution in [2.75, 3.05) is 65.8 Å². The number of hydrogen-bond acceptors (Lipinski definition) is 8. The first-order valence-corrected chi connectivity index (χ1v) is 13.1. The van der Waals surface area contributed by atoms with Gasteiger partial charge in [-0.2, -0.15) is 0 Å². The van der Waals surface area contributed by atoms with E-state index in [0.717, 1.165) is 45.1 Å². The summed E-state index contributed by atoms with van der Waals surface area (Å²) in [5, 5.41) is 8.96. The SMILES string of the molecule is O=C(CCCCCN1C(=O)C=CC1=O)NCCCOCCOCCOCCCNC(=O)[C@@H]1CCCN1. The zero-order chi connectivity index (χ0) is 25.8. The number of amides is 4. The summed E-state index contributed by atoms with van der Waals surface area (Å²) >= 11 is 0. The van der Waals surface area contributed by atoms with Crippen LogP contribution in [0.15, 0.2) is 12.2 Å². The summed E-state index contributed by atoms with van der Waals surface area (Å²) in [7, 11) is 0. The summed E-state index contributed by atoms with van der Waals surface area (Å²) in [6.07, 6.45) is 8.69. The summed E-state index contributed by atoms with van der Waals surface area (Å²) < 4.78 is 16.4. The van der Waals surface area contributed by atoms with Gasteiger partial charge in [0.05, 0.1) is 32.5 Å². The van der Waals surface area contributed by atoms with Crippen molar-refractivity contribution in [2.24, 2.45) is 0 Å². The first kappa shape index (κ1) is 29.9. The Labute approximate surface area is 213 Å². The van der Waals surface area contributed by atoms with E-state index in [4.69, 9.17) is 14.2 Å². The van der Waals surface area contributed by atoms with E-state index in [0.29, 0.717) is 72.1 Å². The zero-order valence-corrected chi connectivity index (χ0v) is 21.3. The second-order valence-corrected chi connectivity index (χ2v) is 8.81. The maximum absolute atomic E-state index is 11.8. The molecular weight excluding hydrogens is 468 g/mol. The molecule has 0 saturated carbocycles. The largest absolute Gasteiger partial charge is 0.379 e. The summed E-state index contributed by atoms with van der Waals surface area (Å²) in [4.78, 5) is 47.7. The van der Waals surface area contributed by atoms with E-state index in [-0.39, 0.29) is 29.7 Å². The molecule has 0 aromatic rings. The van der Waals surface area contributed by atoms with Crippen LogP contribution in [0.25, 0.3) is 0 Å². The maximum Gasteiger partial charge on any atom is 0.253 e. The molecule has 0 aliphatic carbocycles. The number of carbonyl (C=O) groups excluding carboxylic acids is 4. The van der Waals surface area contributed by atoms with Gasteiger partial charge in [0.2, 0.25) is 11.8 Å². The molecule has 0 unspecified atom stereocenters. The fourth-order valence-electron chi connectivity index (χ4n) is 3.83. The molecule has 204 valence electrons. The molecule has 2 aliphatic rings. The lowest BCUT2D eigenvalue weighted by molar-refractivity contribution is -0.137. The van der Waals surface area contributed by atoms with Crippen molar-refractivity contribution in [3.63, 3.8) is 0 Å². The summed E-state index contributed by atoms with van der Waals surface area (Å²) in [6, 6.07) is -0.0331. The van der Waals surface area contributed by atoms with Crippen LogP contribution < -0.4 is 16.0 Å². The van der Waals surface area contributed by atoms with Gasteiger partial charge in [-0.05, 0) is 45.1 Å². The average Bonchev–Trinajstić information content (AvgIpc) is 3.52. The zero-order valence-electron chi connectivity index (χ0n) is 21.3. The van der Waals surface area contributed by atoms with E-state index < -0.39 is 0 Å². The molecule has 0 aromatic heterocycles. The third-order valence-corrected chi connectivity index (χ3v) is 5.86. The highest BCUT2D eigenvalue weighted by atomic mass is 16.5. The van der Waals surface area contributed by atoms with E-state index in [1.54, 1.807) is 0 Å². The lowest BCUT2D eigenvalue weighted by atomic mass is 10.2. The third-order valence-electron chi connectivity index (χ3n) is 5.86. The van der Waals surface area contributed by atoms with Crippen LogP contribution in [0.2, 0.25) is 0 Å². The van der Waals surface area contributed by atoms with Crippen LogP contribution in [0.3, 0.4) is 0 Å². The number of hydrogen-bond donors (Lipinski definition) is 3. The number of carbonyl (C=O) groups is 4. The van der Waals surface area contributed by atoms with Crippen LogP contribution in [-0.4, -0.2) is 100 Å². The Kier molecular flexibility index (Phi) is 15.7. The molecule has 0 aromatic carbocycles. The Morgan fingerprint density at radius 1 is 0.833 bits per heavy atom. The molecule has 3 N–H and O–H groups in total. The van der Waals surface area contributed by atoms with Gasteiger partial charge >= 0.3 is 0 Å². The second-order valence-electron chi connectivity index (χ2n) is 8.81. The lowest BCUT2D eigenvalue weighted by Gasteiger charge is -2.13. The van der Waals surface area contributed by atoms with Gasteiger partial charge in [-0.25, -0.2) is 0 Å². The molecule has 1 atom stereocenters. The fraction of sp³-hybridized carbons (Fsp3) is 0.760. The Morgan fingerprint density at radius 2 is 1.44 bits per heavy atom. The van der Waals surface area contributed by atoms with Gasteiger partial charge in [0.1, 0.15) is 0 Å². The van der Waals surface area contributed by atoms with E-state index in [2.05, 4.69) is 16.0 Å². The van der Waals surface area contributed by atoms with Crippen LogP contribution in [0.1, 0.15) is 51.4 Å². The Bertz CT molecular complexity index is 693. The topological polar surface area (TPSA) is 135 Å². The van der Waals surface area contributed by atoms with Gasteiger partial charge in [-0.15, -0.1) is 0 Å². The summed E-state index contributed by atoms with van der Waals surface area (Å²) in [5.74, 6) is -0.442. The molecule has 4 amide bonds. The molecule has 36 heavy (non-hydrogen) atoms. The minimum Gasteiger partial charge on any atom is -0.379 e. The lowest BCUT2D eigenvalue weighted by Crippen LogP contribution is -2.40. The number of ether oxygens (including phenoxy) is 3.